The number of hydrogen-bond acceptors (Lipinski definition) is 4. The second kappa shape index (κ2) is 7.82. The molecule has 0 aliphatic rings. The molecule has 2 N–H and O–H groups in total. The van der Waals surface area contributed by atoms with Crippen molar-refractivity contribution < 1.29 is 19.7 Å². The molecule has 4 nitrogen and oxygen atoms in total. The fourth-order valence-electron chi connectivity index (χ4n) is 1.93. The quantitative estimate of drug-likeness (QED) is 0.768. The maximum absolute atomic E-state index is 9.46. The van der Waals surface area contributed by atoms with Crippen LogP contribution in [0.1, 0.15) is 26.7 Å². The zero-order chi connectivity index (χ0) is 15.9. The number of benzene rings is 2. The molecule has 0 radical (unpaired) electrons. The highest BCUT2D eigenvalue weighted by atomic mass is 16.6. The van der Waals surface area contributed by atoms with Crippen LogP contribution in [0.3, 0.4) is 0 Å². The van der Waals surface area contributed by atoms with Crippen LogP contribution in [0.5, 0.6) is 11.5 Å². The summed E-state index contributed by atoms with van der Waals surface area (Å²) in [7, 11) is 0. The van der Waals surface area contributed by atoms with E-state index in [1.165, 1.54) is 0 Å². The first-order valence-corrected chi connectivity index (χ1v) is 7.52. The fourth-order valence-corrected chi connectivity index (χ4v) is 1.93. The van der Waals surface area contributed by atoms with Gasteiger partial charge in [0.15, 0.2) is 12.6 Å². The van der Waals surface area contributed by atoms with Crippen molar-refractivity contribution in [1.29, 1.82) is 0 Å². The van der Waals surface area contributed by atoms with E-state index in [2.05, 4.69) is 0 Å². The zero-order valence-electron chi connectivity index (χ0n) is 12.9. The number of aliphatic hydroxyl groups is 2. The van der Waals surface area contributed by atoms with Crippen molar-refractivity contribution in [3.05, 3.63) is 48.5 Å². The summed E-state index contributed by atoms with van der Waals surface area (Å²) in [5, 5.41) is 18.9. The van der Waals surface area contributed by atoms with Gasteiger partial charge in [0.1, 0.15) is 11.5 Å². The Labute approximate surface area is 130 Å². The molecule has 0 aliphatic carbocycles. The molecule has 0 amide bonds. The van der Waals surface area contributed by atoms with E-state index in [4.69, 9.17) is 9.47 Å². The van der Waals surface area contributed by atoms with Gasteiger partial charge in [0.05, 0.1) is 0 Å². The minimum absolute atomic E-state index is 0.548. The summed E-state index contributed by atoms with van der Waals surface area (Å²) in [6.07, 6.45) is -0.445. The SMILES string of the molecule is CCC(O)Oc1ccc(-c2ccc(OC(O)CC)cc2)cc1. The smallest absolute Gasteiger partial charge is 0.197 e. The van der Waals surface area contributed by atoms with E-state index in [0.717, 1.165) is 11.1 Å². The second-order valence-electron chi connectivity index (χ2n) is 5.01. The van der Waals surface area contributed by atoms with Crippen molar-refractivity contribution in [2.24, 2.45) is 0 Å². The Morgan fingerprint density at radius 2 is 1.00 bits per heavy atom. The molecule has 0 saturated carbocycles. The van der Waals surface area contributed by atoms with Gasteiger partial charge in [-0.2, -0.15) is 0 Å². The number of aliphatic hydroxyl groups excluding tert-OH is 2. The third-order valence-electron chi connectivity index (χ3n) is 3.28. The van der Waals surface area contributed by atoms with Gasteiger partial charge in [0, 0.05) is 12.8 Å². The van der Waals surface area contributed by atoms with Crippen molar-refractivity contribution >= 4 is 0 Å². The van der Waals surface area contributed by atoms with Gasteiger partial charge >= 0.3 is 0 Å². The predicted molar refractivity (Wildman–Crippen MR) is 85.7 cm³/mol. The van der Waals surface area contributed by atoms with Crippen LogP contribution in [-0.2, 0) is 0 Å². The molecule has 2 aromatic carbocycles. The highest BCUT2D eigenvalue weighted by Crippen LogP contribution is 2.25. The van der Waals surface area contributed by atoms with Crippen LogP contribution in [0, 0.1) is 0 Å². The van der Waals surface area contributed by atoms with Crippen LogP contribution in [0.15, 0.2) is 48.5 Å². The summed E-state index contributed by atoms with van der Waals surface area (Å²) < 4.78 is 10.7. The molecule has 0 saturated heterocycles. The van der Waals surface area contributed by atoms with Gasteiger partial charge in [-0.15, -0.1) is 0 Å². The van der Waals surface area contributed by atoms with Gasteiger partial charge in [0.2, 0.25) is 0 Å². The summed E-state index contributed by atoms with van der Waals surface area (Å²) in [5.74, 6) is 1.29. The van der Waals surface area contributed by atoms with E-state index in [1.54, 1.807) is 0 Å². The molecule has 0 spiro atoms. The van der Waals surface area contributed by atoms with E-state index in [-0.39, 0.29) is 0 Å². The molecule has 22 heavy (non-hydrogen) atoms. The summed E-state index contributed by atoms with van der Waals surface area (Å²) in [5.41, 5.74) is 2.09. The number of ether oxygens (including phenoxy) is 2. The van der Waals surface area contributed by atoms with Crippen molar-refractivity contribution in [3.63, 3.8) is 0 Å². The Balaban J connectivity index is 2.05. The van der Waals surface area contributed by atoms with Crippen LogP contribution >= 0.6 is 0 Å². The molecule has 0 bridgehead atoms. The van der Waals surface area contributed by atoms with Gasteiger partial charge in [-0.3, -0.25) is 0 Å². The maximum Gasteiger partial charge on any atom is 0.197 e. The first kappa shape index (κ1) is 16.3. The highest BCUT2D eigenvalue weighted by Gasteiger charge is 2.05. The van der Waals surface area contributed by atoms with E-state index >= 15 is 0 Å². The van der Waals surface area contributed by atoms with Crippen molar-refractivity contribution in [3.8, 4) is 22.6 Å². The molecular formula is C18H22O4. The Kier molecular flexibility index (Phi) is 5.81. The summed E-state index contributed by atoms with van der Waals surface area (Å²) in [4.78, 5) is 0. The normalized spacial score (nSPS) is 13.5. The third kappa shape index (κ3) is 4.48. The minimum Gasteiger partial charge on any atom is -0.465 e. The summed E-state index contributed by atoms with van der Waals surface area (Å²) >= 11 is 0. The first-order chi connectivity index (χ1) is 10.6. The second-order valence-corrected chi connectivity index (χ2v) is 5.01. The monoisotopic (exact) mass is 302 g/mol. The molecule has 4 heteroatoms. The molecule has 2 rings (SSSR count). The zero-order valence-corrected chi connectivity index (χ0v) is 12.9. The Morgan fingerprint density at radius 1 is 0.682 bits per heavy atom. The van der Waals surface area contributed by atoms with E-state index in [9.17, 15) is 10.2 Å². The lowest BCUT2D eigenvalue weighted by Crippen LogP contribution is -2.13. The average Bonchev–Trinajstić information content (AvgIpc) is 2.56. The standard InChI is InChI=1S/C18H22O4/c1-3-17(19)21-15-9-5-13(6-10-15)14-7-11-16(12-8-14)22-18(20)4-2/h5-12,17-20H,3-4H2,1-2H3. The van der Waals surface area contributed by atoms with Gasteiger partial charge < -0.3 is 19.7 Å². The number of hydrogen-bond donors (Lipinski definition) is 2. The maximum atomic E-state index is 9.46. The lowest BCUT2D eigenvalue weighted by atomic mass is 10.1. The van der Waals surface area contributed by atoms with E-state index in [0.29, 0.717) is 24.3 Å². The molecule has 2 aromatic rings. The van der Waals surface area contributed by atoms with Crippen molar-refractivity contribution in [1.82, 2.24) is 0 Å². The minimum atomic E-state index is -0.771. The Bertz CT molecular complexity index is 509. The molecule has 0 aromatic heterocycles. The first-order valence-electron chi connectivity index (χ1n) is 7.52. The summed E-state index contributed by atoms with van der Waals surface area (Å²) in [6.45, 7) is 3.72. The predicted octanol–water partition coefficient (Wildman–Crippen LogP) is 3.57. The Morgan fingerprint density at radius 3 is 1.27 bits per heavy atom. The lowest BCUT2D eigenvalue weighted by Gasteiger charge is -2.13. The topological polar surface area (TPSA) is 58.9 Å². The third-order valence-corrected chi connectivity index (χ3v) is 3.28. The van der Waals surface area contributed by atoms with Crippen LogP contribution in [0.25, 0.3) is 11.1 Å². The number of rotatable bonds is 7. The Hall–Kier alpha value is -2.04. The summed E-state index contributed by atoms with van der Waals surface area (Å²) in [6, 6.07) is 15.1. The molecule has 2 atom stereocenters. The van der Waals surface area contributed by atoms with E-state index in [1.807, 2.05) is 62.4 Å². The molecule has 0 fully saturated rings. The molecule has 0 aliphatic heterocycles. The van der Waals surface area contributed by atoms with Gasteiger partial charge in [-0.1, -0.05) is 38.1 Å². The lowest BCUT2D eigenvalue weighted by molar-refractivity contribution is -0.0196. The largest absolute Gasteiger partial charge is 0.465 e. The van der Waals surface area contributed by atoms with Gasteiger partial charge in [-0.25, -0.2) is 0 Å². The van der Waals surface area contributed by atoms with E-state index < -0.39 is 12.6 Å². The average molecular weight is 302 g/mol. The van der Waals surface area contributed by atoms with Gasteiger partial charge in [-0.05, 0) is 35.4 Å². The molecular weight excluding hydrogens is 280 g/mol. The highest BCUT2D eigenvalue weighted by molar-refractivity contribution is 5.64. The molecule has 0 heterocycles. The molecule has 2 unspecified atom stereocenters. The molecule has 118 valence electrons. The van der Waals surface area contributed by atoms with Crippen LogP contribution in [0.2, 0.25) is 0 Å². The van der Waals surface area contributed by atoms with Crippen LogP contribution < -0.4 is 9.47 Å². The fraction of sp³-hybridized carbons (Fsp3) is 0.333. The van der Waals surface area contributed by atoms with Crippen LogP contribution in [-0.4, -0.2) is 22.8 Å². The van der Waals surface area contributed by atoms with Crippen molar-refractivity contribution in [2.75, 3.05) is 0 Å². The van der Waals surface area contributed by atoms with Crippen LogP contribution in [0.4, 0.5) is 0 Å². The van der Waals surface area contributed by atoms with Gasteiger partial charge in [0.25, 0.3) is 0 Å². The van der Waals surface area contributed by atoms with Crippen molar-refractivity contribution in [2.45, 2.75) is 39.3 Å².